The van der Waals surface area contributed by atoms with E-state index in [1.807, 2.05) is 26.3 Å². The Balaban J connectivity index is 1.69. The Morgan fingerprint density at radius 3 is 3.09 bits per heavy atom. The zero-order valence-corrected chi connectivity index (χ0v) is 14.3. The predicted octanol–water partition coefficient (Wildman–Crippen LogP) is 3.30. The molecule has 0 aromatic carbocycles. The lowest BCUT2D eigenvalue weighted by molar-refractivity contribution is 0.0505. The summed E-state index contributed by atoms with van der Waals surface area (Å²) >= 11 is 7.40. The summed E-state index contributed by atoms with van der Waals surface area (Å²) in [6, 6.07) is 0. The van der Waals surface area contributed by atoms with Gasteiger partial charge in [0.1, 0.15) is 5.01 Å². The summed E-state index contributed by atoms with van der Waals surface area (Å²) in [5, 5.41) is 8.61. The highest BCUT2D eigenvalue weighted by Gasteiger charge is 2.18. The smallest absolute Gasteiger partial charge is 0.292 e. The van der Waals surface area contributed by atoms with E-state index in [0.717, 1.165) is 27.7 Å². The number of hydrogen-bond donors (Lipinski definition) is 1. The van der Waals surface area contributed by atoms with E-state index in [9.17, 15) is 0 Å². The van der Waals surface area contributed by atoms with Crippen LogP contribution in [0.4, 0.5) is 0 Å². The number of aromatic nitrogens is 1. The van der Waals surface area contributed by atoms with Gasteiger partial charge >= 0.3 is 0 Å². The van der Waals surface area contributed by atoms with Crippen molar-refractivity contribution in [2.45, 2.75) is 32.5 Å². The number of thiazole rings is 1. The molecule has 2 aliphatic heterocycles. The van der Waals surface area contributed by atoms with E-state index in [4.69, 9.17) is 16.4 Å². The van der Waals surface area contributed by atoms with Gasteiger partial charge in [-0.3, -0.25) is 4.99 Å². The van der Waals surface area contributed by atoms with Gasteiger partial charge in [0, 0.05) is 30.7 Å². The average molecular weight is 350 g/mol. The van der Waals surface area contributed by atoms with Crippen LogP contribution in [0.2, 0.25) is 0 Å². The first-order valence-corrected chi connectivity index (χ1v) is 8.34. The summed E-state index contributed by atoms with van der Waals surface area (Å²) in [5.41, 5.74) is 1.72. The average Bonchev–Trinajstić information content (AvgIpc) is 2.97. The minimum absolute atomic E-state index is 0.239. The maximum absolute atomic E-state index is 5.77. The number of nitrogens with one attached hydrogen (secondary N) is 1. The van der Waals surface area contributed by atoms with E-state index >= 15 is 0 Å². The zero-order valence-electron chi connectivity index (χ0n) is 12.7. The molecule has 0 fully saturated rings. The predicted molar refractivity (Wildman–Crippen MR) is 94.5 cm³/mol. The molecular formula is C15H16ClN5OS. The number of oxime groups is 1. The monoisotopic (exact) mass is 349 g/mol. The summed E-state index contributed by atoms with van der Waals surface area (Å²) < 4.78 is 0. The van der Waals surface area contributed by atoms with Crippen molar-refractivity contribution >= 4 is 41.1 Å². The molecule has 0 saturated heterocycles. The molecule has 2 aliphatic rings. The van der Waals surface area contributed by atoms with Crippen LogP contribution in [0.25, 0.3) is 0 Å². The lowest BCUT2D eigenvalue weighted by Crippen LogP contribution is -2.27. The van der Waals surface area contributed by atoms with E-state index < -0.39 is 6.35 Å². The number of hydrogen-bond acceptors (Lipinski definition) is 7. The first-order chi connectivity index (χ1) is 11.1. The van der Waals surface area contributed by atoms with Crippen LogP contribution in [0.5, 0.6) is 0 Å². The second-order valence-corrected chi connectivity index (χ2v) is 6.57. The van der Waals surface area contributed by atoms with Crippen LogP contribution in [0.15, 0.2) is 38.6 Å². The van der Waals surface area contributed by atoms with Gasteiger partial charge in [0.15, 0.2) is 0 Å². The first kappa shape index (κ1) is 15.9. The number of aryl methyl sites for hydroxylation is 1. The van der Waals surface area contributed by atoms with Crippen LogP contribution >= 0.6 is 22.9 Å². The fraction of sp³-hybridized carbons (Fsp3) is 0.333. The molecule has 0 spiro atoms. The standard InChI is InChI=1S/C15H16ClN5OS/c1-9-13(23-14(20-9)11-4-3-5-17-6-11)10(2)21-22-15-18-7-12(16)8-19-15/h3,5-8,11,15,18H,4H2,1-2H3/b21-10+. The second kappa shape index (κ2) is 7.06. The quantitative estimate of drug-likeness (QED) is 0.669. The number of allylic oxidation sites excluding steroid dienone is 2. The molecule has 23 heavy (non-hydrogen) atoms. The second-order valence-electron chi connectivity index (χ2n) is 5.10. The molecule has 3 heterocycles. The van der Waals surface area contributed by atoms with Gasteiger partial charge < -0.3 is 10.2 Å². The van der Waals surface area contributed by atoms with Crippen molar-refractivity contribution in [1.29, 1.82) is 0 Å². The molecule has 1 aromatic heterocycles. The number of aliphatic imine (C=N–C) groups is 2. The summed E-state index contributed by atoms with van der Waals surface area (Å²) in [6.45, 7) is 3.87. The molecule has 0 bridgehead atoms. The van der Waals surface area contributed by atoms with Crippen molar-refractivity contribution in [2.75, 3.05) is 0 Å². The van der Waals surface area contributed by atoms with Crippen LogP contribution in [-0.2, 0) is 4.84 Å². The van der Waals surface area contributed by atoms with Gasteiger partial charge in [-0.15, -0.1) is 11.3 Å². The van der Waals surface area contributed by atoms with Crippen molar-refractivity contribution < 1.29 is 4.84 Å². The van der Waals surface area contributed by atoms with Crippen molar-refractivity contribution in [3.63, 3.8) is 0 Å². The molecule has 1 aromatic rings. The fourth-order valence-corrected chi connectivity index (χ4v) is 3.35. The third kappa shape index (κ3) is 3.86. The lowest BCUT2D eigenvalue weighted by atomic mass is 10.1. The van der Waals surface area contributed by atoms with E-state index in [-0.39, 0.29) is 5.92 Å². The van der Waals surface area contributed by atoms with Gasteiger partial charge in [-0.25, -0.2) is 9.98 Å². The third-order valence-corrected chi connectivity index (χ3v) is 4.90. The van der Waals surface area contributed by atoms with Gasteiger partial charge in [-0.1, -0.05) is 22.8 Å². The Labute approximate surface area is 143 Å². The van der Waals surface area contributed by atoms with Crippen LogP contribution < -0.4 is 5.32 Å². The van der Waals surface area contributed by atoms with Gasteiger partial charge in [-0.2, -0.15) is 0 Å². The highest BCUT2D eigenvalue weighted by molar-refractivity contribution is 7.14. The Bertz CT molecular complexity index is 734. The van der Waals surface area contributed by atoms with Crippen LogP contribution in [0.3, 0.4) is 0 Å². The Kier molecular flexibility index (Phi) is 4.88. The van der Waals surface area contributed by atoms with Gasteiger partial charge in [0.05, 0.1) is 21.3 Å². The van der Waals surface area contributed by atoms with Gasteiger partial charge in [0.2, 0.25) is 0 Å². The van der Waals surface area contributed by atoms with E-state index in [1.54, 1.807) is 17.5 Å². The van der Waals surface area contributed by atoms with E-state index in [0.29, 0.717) is 5.03 Å². The minimum Gasteiger partial charge on any atom is -0.346 e. The van der Waals surface area contributed by atoms with Crippen molar-refractivity contribution in [1.82, 2.24) is 10.3 Å². The molecule has 1 N–H and O–H groups in total. The van der Waals surface area contributed by atoms with Crippen molar-refractivity contribution in [3.8, 4) is 0 Å². The summed E-state index contributed by atoms with van der Waals surface area (Å²) in [5.74, 6) is 0.239. The maximum Gasteiger partial charge on any atom is 0.292 e. The Morgan fingerprint density at radius 2 is 2.39 bits per heavy atom. The SMILES string of the molecule is C/C(=N\OC1N=CC(Cl)=CN1)c1sc(C2C=NC=CC2)nc1C. The molecule has 0 aliphatic carbocycles. The molecule has 0 saturated carbocycles. The molecule has 8 heteroatoms. The van der Waals surface area contributed by atoms with Crippen LogP contribution in [-0.4, -0.2) is 29.5 Å². The lowest BCUT2D eigenvalue weighted by Gasteiger charge is -2.13. The Hall–Kier alpha value is -1.99. The number of halogens is 1. The maximum atomic E-state index is 5.77. The topological polar surface area (TPSA) is 71.2 Å². The van der Waals surface area contributed by atoms with Gasteiger partial charge in [-0.05, 0) is 20.3 Å². The molecular weight excluding hydrogens is 334 g/mol. The summed E-state index contributed by atoms with van der Waals surface area (Å²) in [6.07, 6.45) is 9.32. The van der Waals surface area contributed by atoms with Crippen molar-refractivity contribution in [2.24, 2.45) is 15.1 Å². The van der Waals surface area contributed by atoms with Crippen molar-refractivity contribution in [3.05, 3.63) is 39.1 Å². The number of rotatable bonds is 4. The zero-order chi connectivity index (χ0) is 16.2. The largest absolute Gasteiger partial charge is 0.346 e. The van der Waals surface area contributed by atoms with Crippen LogP contribution in [0, 0.1) is 6.92 Å². The minimum atomic E-state index is -0.559. The highest BCUT2D eigenvalue weighted by atomic mass is 35.5. The van der Waals surface area contributed by atoms with E-state index in [2.05, 4.69) is 31.5 Å². The Morgan fingerprint density at radius 1 is 1.52 bits per heavy atom. The fourth-order valence-electron chi connectivity index (χ4n) is 2.16. The summed E-state index contributed by atoms with van der Waals surface area (Å²) in [4.78, 5) is 19.3. The molecule has 2 atom stereocenters. The molecule has 6 nitrogen and oxygen atoms in total. The van der Waals surface area contributed by atoms with Gasteiger partial charge in [0.25, 0.3) is 6.35 Å². The molecule has 0 radical (unpaired) electrons. The first-order valence-electron chi connectivity index (χ1n) is 7.15. The molecule has 3 rings (SSSR count). The van der Waals surface area contributed by atoms with Crippen LogP contribution in [0.1, 0.15) is 34.8 Å². The highest BCUT2D eigenvalue weighted by Crippen LogP contribution is 2.28. The third-order valence-electron chi connectivity index (χ3n) is 3.29. The number of nitrogens with zero attached hydrogens (tertiary/aromatic N) is 4. The molecule has 120 valence electrons. The molecule has 2 unspecified atom stereocenters. The normalized spacial score (nSPS) is 23.6. The van der Waals surface area contributed by atoms with E-state index in [1.165, 1.54) is 6.21 Å². The summed E-state index contributed by atoms with van der Waals surface area (Å²) in [7, 11) is 0. The molecule has 0 amide bonds.